The molecule has 1 amide bonds. The minimum atomic E-state index is -0.769. The van der Waals surface area contributed by atoms with Crippen LogP contribution in [0.15, 0.2) is 46.9 Å². The van der Waals surface area contributed by atoms with Crippen molar-refractivity contribution in [3.05, 3.63) is 62.5 Å². The number of anilines is 1. The molecular formula is C14H11BrCl2N2O. The van der Waals surface area contributed by atoms with Gasteiger partial charge < -0.3 is 11.1 Å². The maximum atomic E-state index is 12.1. The molecule has 0 aliphatic carbocycles. The van der Waals surface area contributed by atoms with E-state index < -0.39 is 6.04 Å². The Bertz CT molecular complexity index is 635. The molecule has 3 nitrogen and oxygen atoms in total. The topological polar surface area (TPSA) is 55.1 Å². The molecule has 0 aromatic heterocycles. The zero-order chi connectivity index (χ0) is 14.7. The molecule has 0 heterocycles. The van der Waals surface area contributed by atoms with Crippen LogP contribution in [0.5, 0.6) is 0 Å². The van der Waals surface area contributed by atoms with Gasteiger partial charge in [-0.15, -0.1) is 0 Å². The second-order valence-electron chi connectivity index (χ2n) is 4.10. The summed E-state index contributed by atoms with van der Waals surface area (Å²) in [5, 5.41) is 3.29. The number of benzene rings is 2. The second kappa shape index (κ2) is 6.59. The Balaban J connectivity index is 2.18. The molecule has 0 saturated heterocycles. The maximum absolute atomic E-state index is 12.1. The highest BCUT2D eigenvalue weighted by atomic mass is 79.9. The zero-order valence-corrected chi connectivity index (χ0v) is 13.3. The molecule has 0 radical (unpaired) electrons. The van der Waals surface area contributed by atoms with Crippen molar-refractivity contribution >= 4 is 50.7 Å². The van der Waals surface area contributed by atoms with Gasteiger partial charge in [0.2, 0.25) is 5.91 Å². The van der Waals surface area contributed by atoms with E-state index in [1.165, 1.54) is 0 Å². The molecule has 0 aliphatic rings. The van der Waals surface area contributed by atoms with Crippen molar-refractivity contribution in [1.82, 2.24) is 0 Å². The minimum Gasteiger partial charge on any atom is -0.323 e. The highest BCUT2D eigenvalue weighted by Crippen LogP contribution is 2.36. The molecule has 0 aliphatic heterocycles. The number of nitrogens with one attached hydrogen (secondary N) is 1. The lowest BCUT2D eigenvalue weighted by atomic mass is 10.1. The molecule has 1 atom stereocenters. The van der Waals surface area contributed by atoms with Crippen LogP contribution in [-0.2, 0) is 4.79 Å². The summed E-state index contributed by atoms with van der Waals surface area (Å²) in [6.45, 7) is 0. The van der Waals surface area contributed by atoms with Crippen molar-refractivity contribution in [2.24, 2.45) is 5.73 Å². The fourth-order valence-corrected chi connectivity index (χ4v) is 2.47. The predicted molar refractivity (Wildman–Crippen MR) is 86.2 cm³/mol. The average molecular weight is 374 g/mol. The molecular weight excluding hydrogens is 363 g/mol. The van der Waals surface area contributed by atoms with E-state index in [-0.39, 0.29) is 10.9 Å². The van der Waals surface area contributed by atoms with Gasteiger partial charge in [0.05, 0.1) is 15.7 Å². The van der Waals surface area contributed by atoms with Crippen molar-refractivity contribution in [3.63, 3.8) is 0 Å². The van der Waals surface area contributed by atoms with Crippen LogP contribution in [0.25, 0.3) is 0 Å². The van der Waals surface area contributed by atoms with E-state index in [4.69, 9.17) is 28.9 Å². The Hall–Kier alpha value is -1.07. The molecule has 20 heavy (non-hydrogen) atoms. The van der Waals surface area contributed by atoms with Gasteiger partial charge >= 0.3 is 0 Å². The molecule has 2 aromatic carbocycles. The van der Waals surface area contributed by atoms with Gasteiger partial charge in [0.1, 0.15) is 6.04 Å². The van der Waals surface area contributed by atoms with Crippen molar-refractivity contribution in [2.75, 3.05) is 5.32 Å². The predicted octanol–water partition coefficient (Wildman–Crippen LogP) is 4.39. The number of rotatable bonds is 3. The van der Waals surface area contributed by atoms with Crippen LogP contribution in [0.1, 0.15) is 11.6 Å². The van der Waals surface area contributed by atoms with Gasteiger partial charge in [0.15, 0.2) is 0 Å². The van der Waals surface area contributed by atoms with E-state index in [9.17, 15) is 4.79 Å². The first-order chi connectivity index (χ1) is 9.50. The molecule has 0 fully saturated rings. The molecule has 0 bridgehead atoms. The molecule has 1 unspecified atom stereocenters. The standard InChI is InChI=1S/C14H11BrCl2N2O/c15-9-6-7-10(12(17)11(9)16)19-14(20)13(18)8-4-2-1-3-5-8/h1-7,13H,18H2,(H,19,20). The quantitative estimate of drug-likeness (QED) is 0.783. The van der Waals surface area contributed by atoms with E-state index in [1.807, 2.05) is 18.2 Å². The third kappa shape index (κ3) is 3.33. The lowest BCUT2D eigenvalue weighted by Gasteiger charge is -2.14. The Morgan fingerprint density at radius 1 is 1.10 bits per heavy atom. The second-order valence-corrected chi connectivity index (χ2v) is 5.71. The van der Waals surface area contributed by atoms with Gasteiger partial charge in [-0.1, -0.05) is 53.5 Å². The maximum Gasteiger partial charge on any atom is 0.245 e. The van der Waals surface area contributed by atoms with E-state index in [1.54, 1.807) is 24.3 Å². The fourth-order valence-electron chi connectivity index (χ4n) is 1.64. The van der Waals surface area contributed by atoms with Gasteiger partial charge in [-0.05, 0) is 33.6 Å². The SMILES string of the molecule is NC(C(=O)Nc1ccc(Br)c(Cl)c1Cl)c1ccccc1. The number of carbonyl (C=O) groups excluding carboxylic acids is 1. The molecule has 3 N–H and O–H groups in total. The van der Waals surface area contributed by atoms with Crippen LogP contribution in [0.4, 0.5) is 5.69 Å². The van der Waals surface area contributed by atoms with Gasteiger partial charge in [-0.25, -0.2) is 0 Å². The Kier molecular flexibility index (Phi) is 5.05. The third-order valence-corrected chi connectivity index (χ3v) is 4.51. The monoisotopic (exact) mass is 372 g/mol. The summed E-state index contributed by atoms with van der Waals surface area (Å²) < 4.78 is 0.662. The Labute approximate surface area is 135 Å². The highest BCUT2D eigenvalue weighted by molar-refractivity contribution is 9.10. The summed E-state index contributed by atoms with van der Waals surface area (Å²) in [5.41, 5.74) is 7.06. The number of nitrogens with two attached hydrogens (primary N) is 1. The lowest BCUT2D eigenvalue weighted by Crippen LogP contribution is -2.27. The molecule has 2 rings (SSSR count). The average Bonchev–Trinajstić information content (AvgIpc) is 2.48. The normalized spacial score (nSPS) is 12.0. The minimum absolute atomic E-state index is 0.273. The molecule has 6 heteroatoms. The lowest BCUT2D eigenvalue weighted by molar-refractivity contribution is -0.117. The number of hydrogen-bond donors (Lipinski definition) is 2. The summed E-state index contributed by atoms with van der Waals surface area (Å²) >= 11 is 15.3. The molecule has 0 saturated carbocycles. The van der Waals surface area contributed by atoms with Crippen LogP contribution in [-0.4, -0.2) is 5.91 Å². The first kappa shape index (κ1) is 15.3. The highest BCUT2D eigenvalue weighted by Gasteiger charge is 2.17. The van der Waals surface area contributed by atoms with Gasteiger partial charge in [0, 0.05) is 4.47 Å². The van der Waals surface area contributed by atoms with Gasteiger partial charge in [-0.3, -0.25) is 4.79 Å². The molecule has 2 aromatic rings. The third-order valence-electron chi connectivity index (χ3n) is 2.73. The fraction of sp³-hybridized carbons (Fsp3) is 0.0714. The van der Waals surface area contributed by atoms with Crippen LogP contribution < -0.4 is 11.1 Å². The first-order valence-corrected chi connectivity index (χ1v) is 7.30. The van der Waals surface area contributed by atoms with Crippen LogP contribution in [0.2, 0.25) is 10.0 Å². The van der Waals surface area contributed by atoms with E-state index in [0.29, 0.717) is 15.2 Å². The number of halogens is 3. The first-order valence-electron chi connectivity index (χ1n) is 5.75. The molecule has 0 spiro atoms. The van der Waals surface area contributed by atoms with Crippen molar-refractivity contribution in [1.29, 1.82) is 0 Å². The Morgan fingerprint density at radius 2 is 1.75 bits per heavy atom. The van der Waals surface area contributed by atoms with Crippen molar-refractivity contribution in [3.8, 4) is 0 Å². The van der Waals surface area contributed by atoms with Crippen molar-refractivity contribution in [2.45, 2.75) is 6.04 Å². The summed E-state index contributed by atoms with van der Waals surface area (Å²) in [5.74, 6) is -0.350. The molecule has 104 valence electrons. The van der Waals surface area contributed by atoms with E-state index >= 15 is 0 Å². The zero-order valence-electron chi connectivity index (χ0n) is 10.2. The van der Waals surface area contributed by atoms with E-state index in [2.05, 4.69) is 21.2 Å². The Morgan fingerprint density at radius 3 is 2.40 bits per heavy atom. The van der Waals surface area contributed by atoms with Crippen molar-refractivity contribution < 1.29 is 4.79 Å². The van der Waals surface area contributed by atoms with E-state index in [0.717, 1.165) is 5.56 Å². The number of carbonyl (C=O) groups is 1. The van der Waals surface area contributed by atoms with Crippen LogP contribution in [0, 0.1) is 0 Å². The summed E-state index contributed by atoms with van der Waals surface area (Å²) in [7, 11) is 0. The van der Waals surface area contributed by atoms with Gasteiger partial charge in [-0.2, -0.15) is 0 Å². The number of amides is 1. The smallest absolute Gasteiger partial charge is 0.245 e. The summed E-state index contributed by atoms with van der Waals surface area (Å²) in [6, 6.07) is 11.7. The number of hydrogen-bond acceptors (Lipinski definition) is 2. The summed E-state index contributed by atoms with van der Waals surface area (Å²) in [6.07, 6.45) is 0. The largest absolute Gasteiger partial charge is 0.323 e. The summed E-state index contributed by atoms with van der Waals surface area (Å²) in [4.78, 5) is 12.1. The van der Waals surface area contributed by atoms with Crippen LogP contribution in [0.3, 0.4) is 0 Å². The van der Waals surface area contributed by atoms with Gasteiger partial charge in [0.25, 0.3) is 0 Å². The van der Waals surface area contributed by atoms with Crippen LogP contribution >= 0.6 is 39.1 Å².